The van der Waals surface area contributed by atoms with Gasteiger partial charge in [0.15, 0.2) is 11.5 Å². The van der Waals surface area contributed by atoms with E-state index in [1.165, 1.54) is 23.1 Å². The summed E-state index contributed by atoms with van der Waals surface area (Å²) in [5.41, 5.74) is 0.876. The number of rotatable bonds is 8. The van der Waals surface area contributed by atoms with Crippen molar-refractivity contribution in [2.45, 2.75) is 26.3 Å². The maximum atomic E-state index is 14.2. The highest BCUT2D eigenvalue weighted by Gasteiger charge is 2.46. The quantitative estimate of drug-likeness (QED) is 0.358. The molecule has 2 N–H and O–H groups in total. The number of phenolic OH excluding ortho intramolecular Hbond substituents is 1. The van der Waals surface area contributed by atoms with Crippen LogP contribution in [0.2, 0.25) is 0 Å². The first-order valence-electron chi connectivity index (χ1n) is 10.8. The zero-order valence-electron chi connectivity index (χ0n) is 19.3. The van der Waals surface area contributed by atoms with Crippen molar-refractivity contribution < 1.29 is 28.9 Å². The Labute approximate surface area is 192 Å². The number of amides is 1. The molecule has 1 heterocycles. The van der Waals surface area contributed by atoms with Crippen molar-refractivity contribution in [1.82, 2.24) is 9.80 Å². The first-order chi connectivity index (χ1) is 15.6. The zero-order chi connectivity index (χ0) is 24.3. The summed E-state index contributed by atoms with van der Waals surface area (Å²) in [5.74, 6) is -2.42. The van der Waals surface area contributed by atoms with E-state index in [2.05, 4.69) is 0 Å². The van der Waals surface area contributed by atoms with Crippen LogP contribution >= 0.6 is 0 Å². The van der Waals surface area contributed by atoms with E-state index in [4.69, 9.17) is 4.74 Å². The number of hydrogen-bond donors (Lipinski definition) is 2. The monoisotopic (exact) mass is 456 g/mol. The molecule has 0 saturated carbocycles. The Morgan fingerprint density at radius 2 is 1.91 bits per heavy atom. The molecular weight excluding hydrogens is 427 g/mol. The third-order valence-corrected chi connectivity index (χ3v) is 5.59. The molecule has 0 radical (unpaired) electrons. The number of ketones is 1. The van der Waals surface area contributed by atoms with E-state index in [-0.39, 0.29) is 29.2 Å². The number of Topliss-reactive ketones (excluding diaryl/α,β-unsaturated/α-hetero) is 1. The summed E-state index contributed by atoms with van der Waals surface area (Å²) in [6.07, 6.45) is 0.603. The molecule has 33 heavy (non-hydrogen) atoms. The molecule has 1 aliphatic heterocycles. The molecule has 176 valence electrons. The van der Waals surface area contributed by atoms with Gasteiger partial charge in [-0.05, 0) is 70.2 Å². The number of phenols is 1. The predicted molar refractivity (Wildman–Crippen MR) is 123 cm³/mol. The predicted octanol–water partition coefficient (Wildman–Crippen LogP) is 3.61. The van der Waals surface area contributed by atoms with Crippen molar-refractivity contribution in [2.75, 3.05) is 33.8 Å². The molecule has 1 atom stereocenters. The Morgan fingerprint density at radius 3 is 2.55 bits per heavy atom. The van der Waals surface area contributed by atoms with Crippen LogP contribution < -0.4 is 4.74 Å². The standard InChI is InChI=1S/C25H29FN2O5/c1-5-33-20-14-16(9-10-19(20)29)22-21(23(30)17-8-7-15(2)18(26)13-17)24(31)25(32)28(22)12-6-11-27(3)4/h7-10,13-14,22,29-30H,5-6,11-12H2,1-4H3/t22-/m0/s1. The Morgan fingerprint density at radius 1 is 1.18 bits per heavy atom. The fourth-order valence-electron chi connectivity index (χ4n) is 3.88. The number of carbonyl (C=O) groups is 2. The van der Waals surface area contributed by atoms with Crippen LogP contribution in [0.4, 0.5) is 4.39 Å². The van der Waals surface area contributed by atoms with Crippen LogP contribution in [0.5, 0.6) is 11.5 Å². The summed E-state index contributed by atoms with van der Waals surface area (Å²) in [6, 6.07) is 7.80. The van der Waals surface area contributed by atoms with Crippen LogP contribution in [0.25, 0.3) is 5.76 Å². The molecule has 1 aliphatic rings. The summed E-state index contributed by atoms with van der Waals surface area (Å²) >= 11 is 0. The van der Waals surface area contributed by atoms with Crippen LogP contribution in [-0.4, -0.2) is 65.5 Å². The number of halogens is 1. The number of aromatic hydroxyl groups is 1. The van der Waals surface area contributed by atoms with Gasteiger partial charge in [0.1, 0.15) is 11.6 Å². The minimum absolute atomic E-state index is 0.0780. The summed E-state index contributed by atoms with van der Waals surface area (Å²) in [7, 11) is 3.82. The molecule has 0 spiro atoms. The topological polar surface area (TPSA) is 90.3 Å². The summed E-state index contributed by atoms with van der Waals surface area (Å²) in [6.45, 7) is 4.64. The Hall–Kier alpha value is -3.39. The normalized spacial score (nSPS) is 17.8. The number of ether oxygens (including phenoxy) is 1. The van der Waals surface area contributed by atoms with Crippen LogP contribution in [-0.2, 0) is 9.59 Å². The second-order valence-corrected chi connectivity index (χ2v) is 8.27. The molecule has 3 rings (SSSR count). The third kappa shape index (κ3) is 5.01. The number of nitrogens with zero attached hydrogens (tertiary/aromatic N) is 2. The highest BCUT2D eigenvalue weighted by atomic mass is 19.1. The van der Waals surface area contributed by atoms with E-state index in [1.807, 2.05) is 19.0 Å². The van der Waals surface area contributed by atoms with Crippen molar-refractivity contribution in [1.29, 1.82) is 0 Å². The van der Waals surface area contributed by atoms with E-state index in [0.29, 0.717) is 30.7 Å². The van der Waals surface area contributed by atoms with Gasteiger partial charge in [-0.2, -0.15) is 0 Å². The van der Waals surface area contributed by atoms with Gasteiger partial charge in [0.05, 0.1) is 18.2 Å². The lowest BCUT2D eigenvalue weighted by molar-refractivity contribution is -0.139. The Bertz CT molecular complexity index is 1100. The van der Waals surface area contributed by atoms with Crippen molar-refractivity contribution in [3.05, 3.63) is 64.5 Å². The molecular formula is C25H29FN2O5. The highest BCUT2D eigenvalue weighted by Crippen LogP contribution is 2.42. The molecule has 7 nitrogen and oxygen atoms in total. The maximum Gasteiger partial charge on any atom is 0.295 e. The Balaban J connectivity index is 2.15. The molecule has 2 aromatic rings. The van der Waals surface area contributed by atoms with Crippen molar-refractivity contribution in [3.63, 3.8) is 0 Å². The first kappa shape index (κ1) is 24.3. The third-order valence-electron chi connectivity index (χ3n) is 5.59. The second-order valence-electron chi connectivity index (χ2n) is 8.27. The highest BCUT2D eigenvalue weighted by molar-refractivity contribution is 6.46. The van der Waals surface area contributed by atoms with Crippen LogP contribution in [0.3, 0.4) is 0 Å². The molecule has 0 bridgehead atoms. The van der Waals surface area contributed by atoms with Gasteiger partial charge in [0.2, 0.25) is 0 Å². The van der Waals surface area contributed by atoms with Gasteiger partial charge in [-0.1, -0.05) is 18.2 Å². The number of hydrogen-bond acceptors (Lipinski definition) is 6. The fourth-order valence-corrected chi connectivity index (χ4v) is 3.88. The molecule has 0 unspecified atom stereocenters. The summed E-state index contributed by atoms with van der Waals surface area (Å²) in [4.78, 5) is 29.4. The minimum atomic E-state index is -0.906. The molecule has 1 saturated heterocycles. The number of aliphatic hydroxyl groups is 1. The zero-order valence-corrected chi connectivity index (χ0v) is 19.3. The van der Waals surface area contributed by atoms with Crippen LogP contribution in [0.15, 0.2) is 42.0 Å². The van der Waals surface area contributed by atoms with Gasteiger partial charge in [0, 0.05) is 12.1 Å². The summed E-state index contributed by atoms with van der Waals surface area (Å²) in [5, 5.41) is 21.1. The SMILES string of the molecule is CCOc1cc([C@H]2C(=C(O)c3ccc(C)c(F)c3)C(=O)C(=O)N2CCCN(C)C)ccc1O. The van der Waals surface area contributed by atoms with Gasteiger partial charge in [-0.15, -0.1) is 0 Å². The largest absolute Gasteiger partial charge is 0.507 e. The fraction of sp³-hybridized carbons (Fsp3) is 0.360. The average Bonchev–Trinajstić information content (AvgIpc) is 3.01. The molecule has 8 heteroatoms. The molecule has 0 aliphatic carbocycles. The smallest absolute Gasteiger partial charge is 0.295 e. The van der Waals surface area contributed by atoms with Gasteiger partial charge < -0.3 is 24.7 Å². The number of benzene rings is 2. The Kier molecular flexibility index (Phi) is 7.38. The lowest BCUT2D eigenvalue weighted by Gasteiger charge is -2.26. The second kappa shape index (κ2) is 10.0. The van der Waals surface area contributed by atoms with E-state index in [0.717, 1.165) is 6.07 Å². The lowest BCUT2D eigenvalue weighted by Crippen LogP contribution is -2.32. The number of carbonyl (C=O) groups excluding carboxylic acids is 2. The number of aliphatic hydroxyl groups excluding tert-OH is 1. The van der Waals surface area contributed by atoms with Gasteiger partial charge in [-0.3, -0.25) is 9.59 Å². The number of aryl methyl sites for hydroxylation is 1. The first-order valence-corrected chi connectivity index (χ1v) is 10.8. The van der Waals surface area contributed by atoms with E-state index >= 15 is 0 Å². The van der Waals surface area contributed by atoms with Gasteiger partial charge in [0.25, 0.3) is 11.7 Å². The van der Waals surface area contributed by atoms with Crippen molar-refractivity contribution in [3.8, 4) is 11.5 Å². The van der Waals surface area contributed by atoms with E-state index in [9.17, 15) is 24.2 Å². The average molecular weight is 457 g/mol. The van der Waals surface area contributed by atoms with E-state index in [1.54, 1.807) is 26.0 Å². The van der Waals surface area contributed by atoms with E-state index < -0.39 is 29.3 Å². The molecule has 2 aromatic carbocycles. The molecule has 1 amide bonds. The summed E-state index contributed by atoms with van der Waals surface area (Å²) < 4.78 is 19.7. The van der Waals surface area contributed by atoms with Crippen molar-refractivity contribution in [2.24, 2.45) is 0 Å². The van der Waals surface area contributed by atoms with Crippen LogP contribution in [0, 0.1) is 12.7 Å². The lowest BCUT2D eigenvalue weighted by atomic mass is 9.94. The number of likely N-dealkylation sites (tertiary alicyclic amines) is 1. The van der Waals surface area contributed by atoms with Gasteiger partial charge in [-0.25, -0.2) is 4.39 Å². The van der Waals surface area contributed by atoms with Crippen LogP contribution in [0.1, 0.15) is 36.1 Å². The molecule has 1 fully saturated rings. The maximum absolute atomic E-state index is 14.2. The van der Waals surface area contributed by atoms with Crippen molar-refractivity contribution >= 4 is 17.4 Å². The minimum Gasteiger partial charge on any atom is -0.507 e. The van der Waals surface area contributed by atoms with Gasteiger partial charge >= 0.3 is 0 Å². The molecule has 0 aromatic heterocycles.